The molecule has 4 rings (SSSR count). The molecule has 0 N–H and O–H groups in total. The number of carbonyl (C=O) groups excluding carboxylic acids is 2. The van der Waals surface area contributed by atoms with E-state index in [1.165, 1.54) is 6.39 Å². The maximum Gasteiger partial charge on any atom is 0.254 e. The second-order valence-electron chi connectivity index (χ2n) is 6.92. The van der Waals surface area contributed by atoms with Crippen molar-refractivity contribution in [3.8, 4) is 0 Å². The molecule has 1 saturated heterocycles. The Hall–Kier alpha value is -3.09. The number of nitrogens with zero attached hydrogens (tertiary/aromatic N) is 4. The number of amides is 2. The van der Waals surface area contributed by atoms with E-state index in [0.717, 1.165) is 17.5 Å². The lowest BCUT2D eigenvalue weighted by Gasteiger charge is -2.22. The molecule has 0 bridgehead atoms. The Morgan fingerprint density at radius 2 is 1.93 bits per heavy atom. The van der Waals surface area contributed by atoms with Crippen LogP contribution >= 0.6 is 0 Å². The number of oxazole rings is 1. The zero-order valence-electron chi connectivity index (χ0n) is 15.3. The molecule has 2 aromatic heterocycles. The minimum Gasteiger partial charge on any atom is -0.443 e. The van der Waals surface area contributed by atoms with E-state index in [-0.39, 0.29) is 11.8 Å². The molecule has 3 aromatic rings. The third kappa shape index (κ3) is 3.72. The lowest BCUT2D eigenvalue weighted by molar-refractivity contribution is -0.130. The van der Waals surface area contributed by atoms with Crippen molar-refractivity contribution in [1.29, 1.82) is 0 Å². The summed E-state index contributed by atoms with van der Waals surface area (Å²) >= 11 is 0. The van der Waals surface area contributed by atoms with E-state index in [9.17, 15) is 9.59 Å². The van der Waals surface area contributed by atoms with Crippen molar-refractivity contribution in [3.05, 3.63) is 54.2 Å². The number of fused-ring (bicyclic) bond motifs is 1. The minimum absolute atomic E-state index is 0.0364. The molecule has 1 fully saturated rings. The van der Waals surface area contributed by atoms with Crippen LogP contribution in [0.2, 0.25) is 0 Å². The Kier molecular flexibility index (Phi) is 4.66. The van der Waals surface area contributed by atoms with E-state index in [1.54, 1.807) is 18.2 Å². The van der Waals surface area contributed by atoms with Crippen molar-refractivity contribution >= 4 is 22.9 Å². The maximum absolute atomic E-state index is 12.8. The molecule has 1 aliphatic rings. The minimum atomic E-state index is -0.0364. The topological polar surface area (TPSA) is 71.6 Å². The first-order valence-corrected chi connectivity index (χ1v) is 9.11. The van der Waals surface area contributed by atoms with E-state index in [1.807, 2.05) is 39.9 Å². The summed E-state index contributed by atoms with van der Waals surface area (Å²) in [6, 6.07) is 7.26. The van der Waals surface area contributed by atoms with E-state index >= 15 is 0 Å². The summed E-state index contributed by atoms with van der Waals surface area (Å²) in [5, 5.41) is 0. The van der Waals surface area contributed by atoms with Gasteiger partial charge < -0.3 is 18.8 Å². The quantitative estimate of drug-likeness (QED) is 0.712. The van der Waals surface area contributed by atoms with E-state index < -0.39 is 0 Å². The van der Waals surface area contributed by atoms with E-state index in [0.29, 0.717) is 43.7 Å². The zero-order chi connectivity index (χ0) is 18.8. The molecule has 1 aliphatic heterocycles. The van der Waals surface area contributed by atoms with Crippen LogP contribution in [-0.4, -0.2) is 57.3 Å². The Morgan fingerprint density at radius 3 is 2.74 bits per heavy atom. The monoisotopic (exact) mass is 366 g/mol. The van der Waals surface area contributed by atoms with Gasteiger partial charge in [-0.1, -0.05) is 0 Å². The average molecular weight is 366 g/mol. The van der Waals surface area contributed by atoms with Crippen LogP contribution in [0.5, 0.6) is 0 Å². The highest BCUT2D eigenvalue weighted by atomic mass is 16.3. The molecule has 0 atom stereocenters. The van der Waals surface area contributed by atoms with Gasteiger partial charge in [-0.25, -0.2) is 4.98 Å². The van der Waals surface area contributed by atoms with E-state index in [4.69, 9.17) is 4.42 Å². The Balaban J connectivity index is 1.40. The average Bonchev–Trinajstić information content (AvgIpc) is 3.21. The van der Waals surface area contributed by atoms with Crippen LogP contribution in [0.1, 0.15) is 22.3 Å². The molecule has 2 amide bonds. The summed E-state index contributed by atoms with van der Waals surface area (Å²) in [6.45, 7) is 2.41. The van der Waals surface area contributed by atoms with Gasteiger partial charge in [-0.05, 0) is 36.2 Å². The van der Waals surface area contributed by atoms with Gasteiger partial charge in [-0.15, -0.1) is 0 Å². The number of benzene rings is 1. The van der Waals surface area contributed by atoms with E-state index in [2.05, 4.69) is 4.98 Å². The van der Waals surface area contributed by atoms with Crippen molar-refractivity contribution < 1.29 is 14.0 Å². The highest BCUT2D eigenvalue weighted by Gasteiger charge is 2.23. The molecule has 0 unspecified atom stereocenters. The summed E-state index contributed by atoms with van der Waals surface area (Å²) in [5.74, 6) is 0.0734. The Morgan fingerprint density at radius 1 is 1.11 bits per heavy atom. The third-order valence-electron chi connectivity index (χ3n) is 4.96. The Bertz CT molecular complexity index is 974. The van der Waals surface area contributed by atoms with Crippen LogP contribution in [0, 0.1) is 0 Å². The van der Waals surface area contributed by atoms with Crippen molar-refractivity contribution in [1.82, 2.24) is 19.4 Å². The molecule has 0 aliphatic carbocycles. The fourth-order valence-corrected chi connectivity index (χ4v) is 3.49. The highest BCUT2D eigenvalue weighted by molar-refractivity contribution is 5.97. The number of aromatic nitrogens is 2. The van der Waals surface area contributed by atoms with Crippen molar-refractivity contribution in [2.75, 3.05) is 26.2 Å². The molecule has 0 saturated carbocycles. The second kappa shape index (κ2) is 7.26. The van der Waals surface area contributed by atoms with Crippen molar-refractivity contribution in [2.45, 2.75) is 12.8 Å². The summed E-state index contributed by atoms with van der Waals surface area (Å²) in [6.07, 6.45) is 6.46. The van der Waals surface area contributed by atoms with Crippen LogP contribution in [0.25, 0.3) is 11.1 Å². The molecule has 1 aromatic carbocycles. The lowest BCUT2D eigenvalue weighted by atomic mass is 10.1. The molecule has 7 heteroatoms. The highest BCUT2D eigenvalue weighted by Crippen LogP contribution is 2.17. The summed E-state index contributed by atoms with van der Waals surface area (Å²) in [4.78, 5) is 33.2. The SMILES string of the molecule is Cn1ccc(CC(=O)N2CCCN(C(=O)c3ccc4ncoc4c3)CC2)c1. The number of carbonyl (C=O) groups is 2. The Labute approximate surface area is 157 Å². The van der Waals surface area contributed by atoms with Gasteiger partial charge in [-0.3, -0.25) is 9.59 Å². The smallest absolute Gasteiger partial charge is 0.254 e. The van der Waals surface area contributed by atoms with Gasteiger partial charge in [-0.2, -0.15) is 0 Å². The normalized spacial score (nSPS) is 15.1. The van der Waals surface area contributed by atoms with Crippen LogP contribution in [0.3, 0.4) is 0 Å². The first kappa shape index (κ1) is 17.3. The summed E-state index contributed by atoms with van der Waals surface area (Å²) in [5.41, 5.74) is 2.94. The van der Waals surface area contributed by atoms with Gasteiger partial charge in [0.05, 0.1) is 6.42 Å². The molecule has 3 heterocycles. The van der Waals surface area contributed by atoms with Crippen LogP contribution in [0.4, 0.5) is 0 Å². The molecule has 140 valence electrons. The standard InChI is InChI=1S/C20H22N4O3/c1-22-8-5-15(13-22)11-19(25)23-6-2-7-24(10-9-23)20(26)16-3-4-17-18(12-16)27-14-21-17/h3-5,8,12-14H,2,6-7,9-11H2,1H3. The third-order valence-corrected chi connectivity index (χ3v) is 4.96. The zero-order valence-corrected chi connectivity index (χ0v) is 15.3. The predicted molar refractivity (Wildman–Crippen MR) is 100 cm³/mol. The van der Waals surface area contributed by atoms with Gasteiger partial charge in [0.2, 0.25) is 5.91 Å². The van der Waals surface area contributed by atoms with Crippen molar-refractivity contribution in [2.24, 2.45) is 7.05 Å². The number of aryl methyl sites for hydroxylation is 1. The van der Waals surface area contributed by atoms with Gasteiger partial charge in [0.1, 0.15) is 5.52 Å². The maximum atomic E-state index is 12.8. The van der Waals surface area contributed by atoms with Crippen LogP contribution in [-0.2, 0) is 18.3 Å². The first-order chi connectivity index (χ1) is 13.1. The largest absolute Gasteiger partial charge is 0.443 e. The first-order valence-electron chi connectivity index (χ1n) is 9.11. The van der Waals surface area contributed by atoms with Gasteiger partial charge in [0.15, 0.2) is 12.0 Å². The molecular formula is C20H22N4O3. The molecular weight excluding hydrogens is 344 g/mol. The van der Waals surface area contributed by atoms with Gasteiger partial charge >= 0.3 is 0 Å². The summed E-state index contributed by atoms with van der Waals surface area (Å²) < 4.78 is 7.23. The molecule has 0 radical (unpaired) electrons. The second-order valence-corrected chi connectivity index (χ2v) is 6.92. The predicted octanol–water partition coefficient (Wildman–Crippen LogP) is 2.08. The van der Waals surface area contributed by atoms with Gasteiger partial charge in [0.25, 0.3) is 5.91 Å². The molecule has 27 heavy (non-hydrogen) atoms. The van der Waals surface area contributed by atoms with Crippen LogP contribution in [0.15, 0.2) is 47.5 Å². The summed E-state index contributed by atoms with van der Waals surface area (Å²) in [7, 11) is 1.94. The number of hydrogen-bond acceptors (Lipinski definition) is 4. The van der Waals surface area contributed by atoms with Crippen molar-refractivity contribution in [3.63, 3.8) is 0 Å². The van der Waals surface area contributed by atoms with Crippen LogP contribution < -0.4 is 0 Å². The molecule has 0 spiro atoms. The lowest BCUT2D eigenvalue weighted by Crippen LogP contribution is -2.37. The fourth-order valence-electron chi connectivity index (χ4n) is 3.49. The number of rotatable bonds is 3. The fraction of sp³-hybridized carbons (Fsp3) is 0.350. The molecule has 7 nitrogen and oxygen atoms in total. The number of hydrogen-bond donors (Lipinski definition) is 0. The van der Waals surface area contributed by atoms with Gasteiger partial charge in [0, 0.05) is 51.2 Å².